The number of benzene rings is 2. The molecule has 1 aliphatic rings. The predicted octanol–water partition coefficient (Wildman–Crippen LogP) is 3.18. The second-order valence-electron chi connectivity index (χ2n) is 5.84. The Balaban J connectivity index is 1.73. The molecular weight excluding hydrogens is 272 g/mol. The quantitative estimate of drug-likeness (QED) is 0.943. The number of hydrogen-bond donors (Lipinski definition) is 1. The van der Waals surface area contributed by atoms with Gasteiger partial charge >= 0.3 is 0 Å². The van der Waals surface area contributed by atoms with E-state index in [1.165, 1.54) is 5.56 Å². The molecule has 1 fully saturated rings. The van der Waals surface area contributed by atoms with Crippen molar-refractivity contribution in [1.29, 1.82) is 0 Å². The lowest BCUT2D eigenvalue weighted by Crippen LogP contribution is -2.43. The lowest BCUT2D eigenvalue weighted by molar-refractivity contribution is 0.0703. The fourth-order valence-electron chi connectivity index (χ4n) is 3.00. The lowest BCUT2D eigenvalue weighted by atomic mass is 10.0. The van der Waals surface area contributed by atoms with Gasteiger partial charge in [-0.15, -0.1) is 0 Å². The van der Waals surface area contributed by atoms with Crippen LogP contribution in [0, 0.1) is 0 Å². The van der Waals surface area contributed by atoms with Crippen LogP contribution in [-0.2, 0) is 0 Å². The summed E-state index contributed by atoms with van der Waals surface area (Å²) in [5.41, 5.74) is 3.08. The zero-order valence-electron chi connectivity index (χ0n) is 13.0. The molecule has 2 aromatic carbocycles. The van der Waals surface area contributed by atoms with Crippen LogP contribution in [0.5, 0.6) is 0 Å². The average Bonchev–Trinajstić information content (AvgIpc) is 2.62. The zero-order chi connectivity index (χ0) is 15.4. The third-order valence-electron chi connectivity index (χ3n) is 4.42. The molecule has 2 aromatic rings. The Bertz CT molecular complexity index is 616. The third kappa shape index (κ3) is 3.20. The van der Waals surface area contributed by atoms with Crippen LogP contribution >= 0.6 is 0 Å². The third-order valence-corrected chi connectivity index (χ3v) is 4.42. The zero-order valence-corrected chi connectivity index (χ0v) is 13.0. The van der Waals surface area contributed by atoms with Crippen LogP contribution in [-0.4, -0.2) is 37.0 Å². The van der Waals surface area contributed by atoms with Gasteiger partial charge in [0.05, 0.1) is 0 Å². The van der Waals surface area contributed by atoms with Gasteiger partial charge < -0.3 is 10.2 Å². The van der Waals surface area contributed by atoms with E-state index in [-0.39, 0.29) is 5.91 Å². The van der Waals surface area contributed by atoms with Gasteiger partial charge in [0.25, 0.3) is 5.91 Å². The summed E-state index contributed by atoms with van der Waals surface area (Å²) in [5, 5.41) is 3.34. The Labute approximate surface area is 132 Å². The summed E-state index contributed by atoms with van der Waals surface area (Å²) in [6, 6.07) is 18.5. The van der Waals surface area contributed by atoms with Crippen molar-refractivity contribution < 1.29 is 4.79 Å². The molecule has 0 spiro atoms. The molecule has 1 N–H and O–H groups in total. The summed E-state index contributed by atoms with van der Waals surface area (Å²) in [7, 11) is 1.92. The van der Waals surface area contributed by atoms with Crippen molar-refractivity contribution in [3.63, 3.8) is 0 Å². The lowest BCUT2D eigenvalue weighted by Gasteiger charge is -2.31. The Kier molecular flexibility index (Phi) is 4.54. The maximum Gasteiger partial charge on any atom is 0.253 e. The first kappa shape index (κ1) is 14.8. The number of amides is 1. The summed E-state index contributed by atoms with van der Waals surface area (Å²) in [5.74, 6) is 0.117. The van der Waals surface area contributed by atoms with Gasteiger partial charge in [0.1, 0.15) is 0 Å². The maximum absolute atomic E-state index is 12.6. The highest BCUT2D eigenvalue weighted by molar-refractivity contribution is 5.94. The number of nitrogens with one attached hydrogen (secondary N) is 1. The van der Waals surface area contributed by atoms with Crippen LogP contribution < -0.4 is 5.32 Å². The van der Waals surface area contributed by atoms with Gasteiger partial charge in [-0.2, -0.15) is 0 Å². The Morgan fingerprint density at radius 1 is 0.955 bits per heavy atom. The van der Waals surface area contributed by atoms with Crippen molar-refractivity contribution in [3.05, 3.63) is 60.2 Å². The Hall–Kier alpha value is -2.13. The predicted molar refractivity (Wildman–Crippen MR) is 89.9 cm³/mol. The van der Waals surface area contributed by atoms with Crippen molar-refractivity contribution in [1.82, 2.24) is 10.2 Å². The van der Waals surface area contributed by atoms with E-state index in [1.54, 1.807) is 0 Å². The van der Waals surface area contributed by atoms with Crippen LogP contribution in [0.1, 0.15) is 23.2 Å². The fraction of sp³-hybridized carbons (Fsp3) is 0.316. The van der Waals surface area contributed by atoms with E-state index in [1.807, 2.05) is 54.4 Å². The van der Waals surface area contributed by atoms with Crippen LogP contribution in [0.2, 0.25) is 0 Å². The molecule has 0 atom stereocenters. The second kappa shape index (κ2) is 6.75. The highest BCUT2D eigenvalue weighted by Gasteiger charge is 2.22. The van der Waals surface area contributed by atoms with Gasteiger partial charge in [0.15, 0.2) is 0 Å². The summed E-state index contributed by atoms with van der Waals surface area (Å²) in [4.78, 5) is 14.5. The monoisotopic (exact) mass is 294 g/mol. The van der Waals surface area contributed by atoms with Crippen molar-refractivity contribution in [2.75, 3.05) is 20.1 Å². The van der Waals surface area contributed by atoms with Crippen LogP contribution in [0.3, 0.4) is 0 Å². The molecule has 1 aliphatic heterocycles. The van der Waals surface area contributed by atoms with Gasteiger partial charge in [0.2, 0.25) is 0 Å². The minimum Gasteiger partial charge on any atom is -0.339 e. The number of carbonyl (C=O) groups is 1. The molecule has 3 rings (SSSR count). The van der Waals surface area contributed by atoms with Crippen molar-refractivity contribution in [3.8, 4) is 11.1 Å². The Morgan fingerprint density at radius 2 is 1.55 bits per heavy atom. The van der Waals surface area contributed by atoms with E-state index < -0.39 is 0 Å². The normalized spacial score (nSPS) is 15.5. The number of nitrogens with zero attached hydrogens (tertiary/aromatic N) is 1. The molecule has 0 unspecified atom stereocenters. The largest absolute Gasteiger partial charge is 0.339 e. The minimum absolute atomic E-state index is 0.117. The number of piperidine rings is 1. The van der Waals surface area contributed by atoms with Crippen LogP contribution in [0.4, 0.5) is 0 Å². The number of rotatable bonds is 3. The summed E-state index contributed by atoms with van der Waals surface area (Å²) in [6.07, 6.45) is 2.06. The first-order valence-corrected chi connectivity index (χ1v) is 7.89. The van der Waals surface area contributed by atoms with Crippen molar-refractivity contribution in [2.45, 2.75) is 18.9 Å². The van der Waals surface area contributed by atoms with E-state index in [9.17, 15) is 4.79 Å². The molecule has 3 nitrogen and oxygen atoms in total. The van der Waals surface area contributed by atoms with E-state index in [0.29, 0.717) is 6.04 Å². The SMILES string of the molecule is CN(C(=O)c1ccc(-c2ccccc2)cc1)C1CCNCC1. The molecule has 0 saturated carbocycles. The van der Waals surface area contributed by atoms with Crippen molar-refractivity contribution >= 4 is 5.91 Å². The smallest absolute Gasteiger partial charge is 0.253 e. The average molecular weight is 294 g/mol. The second-order valence-corrected chi connectivity index (χ2v) is 5.84. The van der Waals surface area contributed by atoms with Gasteiger partial charge in [-0.1, -0.05) is 42.5 Å². The molecule has 0 aliphatic carbocycles. The van der Waals surface area contributed by atoms with E-state index >= 15 is 0 Å². The molecule has 0 radical (unpaired) electrons. The van der Waals surface area contributed by atoms with Gasteiger partial charge in [-0.3, -0.25) is 4.79 Å². The molecule has 1 heterocycles. The maximum atomic E-state index is 12.6. The van der Waals surface area contributed by atoms with E-state index in [0.717, 1.165) is 37.1 Å². The first-order valence-electron chi connectivity index (χ1n) is 7.89. The summed E-state index contributed by atoms with van der Waals surface area (Å²) >= 11 is 0. The molecular formula is C19H22N2O. The fourth-order valence-corrected chi connectivity index (χ4v) is 3.00. The molecule has 1 saturated heterocycles. The van der Waals surface area contributed by atoms with Crippen LogP contribution in [0.15, 0.2) is 54.6 Å². The summed E-state index contributed by atoms with van der Waals surface area (Å²) < 4.78 is 0. The molecule has 3 heteroatoms. The first-order chi connectivity index (χ1) is 10.8. The Morgan fingerprint density at radius 3 is 2.18 bits per heavy atom. The van der Waals surface area contributed by atoms with Gasteiger partial charge in [0, 0.05) is 18.7 Å². The standard InChI is InChI=1S/C19H22N2O/c1-21(18-11-13-20-14-12-18)19(22)17-9-7-16(8-10-17)15-5-3-2-4-6-15/h2-10,18,20H,11-14H2,1H3. The number of carbonyl (C=O) groups excluding carboxylic acids is 1. The van der Waals surface area contributed by atoms with Gasteiger partial charge in [-0.05, 0) is 49.2 Å². The topological polar surface area (TPSA) is 32.3 Å². The van der Waals surface area contributed by atoms with Crippen molar-refractivity contribution in [2.24, 2.45) is 0 Å². The highest BCUT2D eigenvalue weighted by atomic mass is 16.2. The van der Waals surface area contributed by atoms with E-state index in [4.69, 9.17) is 0 Å². The minimum atomic E-state index is 0.117. The van der Waals surface area contributed by atoms with E-state index in [2.05, 4.69) is 17.4 Å². The highest BCUT2D eigenvalue weighted by Crippen LogP contribution is 2.20. The molecule has 1 amide bonds. The molecule has 0 bridgehead atoms. The molecule has 22 heavy (non-hydrogen) atoms. The number of hydrogen-bond acceptors (Lipinski definition) is 2. The molecule has 114 valence electrons. The van der Waals surface area contributed by atoms with Crippen LogP contribution in [0.25, 0.3) is 11.1 Å². The summed E-state index contributed by atoms with van der Waals surface area (Å²) in [6.45, 7) is 1.99. The molecule has 0 aromatic heterocycles. The van der Waals surface area contributed by atoms with Gasteiger partial charge in [-0.25, -0.2) is 0 Å².